The van der Waals surface area contributed by atoms with Gasteiger partial charge in [0.25, 0.3) is 0 Å². The zero-order valence-electron chi connectivity index (χ0n) is 14.1. The first-order valence-corrected chi connectivity index (χ1v) is 9.38. The summed E-state index contributed by atoms with van der Waals surface area (Å²) in [5, 5.41) is 11.5. The highest BCUT2D eigenvalue weighted by Crippen LogP contribution is 2.41. The Morgan fingerprint density at radius 3 is 2.64 bits per heavy atom. The molecule has 0 aliphatic carbocycles. The molecule has 2 aromatic rings. The van der Waals surface area contributed by atoms with Gasteiger partial charge in [0.2, 0.25) is 15.8 Å². The van der Waals surface area contributed by atoms with E-state index in [-0.39, 0.29) is 28.6 Å². The monoisotopic (exact) mass is 369 g/mol. The second-order valence-corrected chi connectivity index (χ2v) is 7.15. The molecular formula is C15H19N3O6S. The smallest absolute Gasteiger partial charge is 0.315 e. The van der Waals surface area contributed by atoms with Crippen LogP contribution in [0.3, 0.4) is 0 Å². The van der Waals surface area contributed by atoms with Crippen LogP contribution in [0.4, 0.5) is 5.69 Å². The van der Waals surface area contributed by atoms with Crippen molar-refractivity contribution >= 4 is 15.7 Å². The van der Waals surface area contributed by atoms with Crippen LogP contribution in [0.15, 0.2) is 24.5 Å². The van der Waals surface area contributed by atoms with Gasteiger partial charge < -0.3 is 9.47 Å². The highest BCUT2D eigenvalue weighted by molar-refractivity contribution is 7.89. The third-order valence-corrected chi connectivity index (χ3v) is 4.43. The van der Waals surface area contributed by atoms with Gasteiger partial charge >= 0.3 is 5.69 Å². The van der Waals surface area contributed by atoms with Crippen molar-refractivity contribution in [1.82, 2.24) is 8.96 Å². The standard InChI is InChI=1S/C15H19N3O6S/c1-4-5-8-24-14-12(18(19)20)9-11(10-13(14)23-2)15-16-6-7-17(15)25(3,21)22/h6-7,9-10H,4-5,8H2,1-3H3. The van der Waals surface area contributed by atoms with Crippen LogP contribution in [-0.2, 0) is 10.0 Å². The van der Waals surface area contributed by atoms with Gasteiger partial charge in [-0.05, 0) is 12.5 Å². The van der Waals surface area contributed by atoms with Crippen molar-refractivity contribution in [2.24, 2.45) is 0 Å². The number of benzene rings is 1. The van der Waals surface area contributed by atoms with Gasteiger partial charge in [-0.2, -0.15) is 0 Å². The summed E-state index contributed by atoms with van der Waals surface area (Å²) < 4.78 is 35.4. The van der Waals surface area contributed by atoms with E-state index < -0.39 is 14.9 Å². The van der Waals surface area contributed by atoms with Crippen molar-refractivity contribution in [2.45, 2.75) is 19.8 Å². The largest absolute Gasteiger partial charge is 0.493 e. The quantitative estimate of drug-likeness (QED) is 0.399. The van der Waals surface area contributed by atoms with Gasteiger partial charge in [0.1, 0.15) is 0 Å². The maximum atomic E-state index is 11.8. The first-order chi connectivity index (χ1) is 11.8. The fourth-order valence-electron chi connectivity index (χ4n) is 2.23. The minimum Gasteiger partial charge on any atom is -0.493 e. The number of aromatic nitrogens is 2. The van der Waals surface area contributed by atoms with E-state index in [9.17, 15) is 18.5 Å². The Labute approximate surface area is 145 Å². The van der Waals surface area contributed by atoms with E-state index in [0.717, 1.165) is 23.1 Å². The molecule has 0 saturated carbocycles. The molecule has 0 saturated heterocycles. The average molecular weight is 369 g/mol. The van der Waals surface area contributed by atoms with Crippen LogP contribution in [0.2, 0.25) is 0 Å². The molecule has 9 nitrogen and oxygen atoms in total. The van der Waals surface area contributed by atoms with E-state index in [2.05, 4.69) is 4.98 Å². The average Bonchev–Trinajstić information content (AvgIpc) is 3.04. The van der Waals surface area contributed by atoms with Gasteiger partial charge in [-0.15, -0.1) is 0 Å². The zero-order chi connectivity index (χ0) is 18.6. The molecule has 25 heavy (non-hydrogen) atoms. The first-order valence-electron chi connectivity index (χ1n) is 7.53. The third-order valence-electron chi connectivity index (χ3n) is 3.42. The molecule has 0 unspecified atom stereocenters. The lowest BCUT2D eigenvalue weighted by atomic mass is 10.1. The summed E-state index contributed by atoms with van der Waals surface area (Å²) in [6.07, 6.45) is 5.21. The number of imidazole rings is 1. The molecule has 0 N–H and O–H groups in total. The van der Waals surface area contributed by atoms with E-state index >= 15 is 0 Å². The summed E-state index contributed by atoms with van der Waals surface area (Å²) in [5.74, 6) is 0.217. The molecule has 0 radical (unpaired) electrons. The van der Waals surface area contributed by atoms with Gasteiger partial charge in [0.05, 0.1) is 24.9 Å². The summed E-state index contributed by atoms with van der Waals surface area (Å²) in [5.41, 5.74) is -0.0738. The molecule has 10 heteroatoms. The molecule has 0 atom stereocenters. The lowest BCUT2D eigenvalue weighted by molar-refractivity contribution is -0.385. The SMILES string of the molecule is CCCCOc1c(OC)cc(-c2nccn2S(C)(=O)=O)cc1[N+](=O)[O-]. The van der Waals surface area contributed by atoms with Crippen molar-refractivity contribution in [3.05, 3.63) is 34.6 Å². The van der Waals surface area contributed by atoms with Crippen LogP contribution in [0.5, 0.6) is 11.5 Å². The predicted molar refractivity (Wildman–Crippen MR) is 91.5 cm³/mol. The number of nitrogens with zero attached hydrogens (tertiary/aromatic N) is 3. The Bertz CT molecular complexity index is 875. The van der Waals surface area contributed by atoms with Gasteiger partial charge in [0.15, 0.2) is 11.6 Å². The third kappa shape index (κ3) is 4.08. The number of rotatable bonds is 8. The number of hydrogen-bond acceptors (Lipinski definition) is 7. The summed E-state index contributed by atoms with van der Waals surface area (Å²) in [7, 11) is -2.25. The fourth-order valence-corrected chi connectivity index (χ4v) is 2.97. The first kappa shape index (κ1) is 18.7. The summed E-state index contributed by atoms with van der Waals surface area (Å²) >= 11 is 0. The maximum absolute atomic E-state index is 11.8. The Hall–Kier alpha value is -2.62. The summed E-state index contributed by atoms with van der Waals surface area (Å²) in [4.78, 5) is 14.9. The Morgan fingerprint density at radius 1 is 1.36 bits per heavy atom. The molecule has 2 rings (SSSR count). The van der Waals surface area contributed by atoms with E-state index in [0.29, 0.717) is 6.61 Å². The van der Waals surface area contributed by atoms with Crippen LogP contribution in [-0.4, -0.2) is 42.3 Å². The van der Waals surface area contributed by atoms with E-state index in [1.165, 1.54) is 31.6 Å². The summed E-state index contributed by atoms with van der Waals surface area (Å²) in [6.45, 7) is 2.29. The predicted octanol–water partition coefficient (Wildman–Crippen LogP) is 2.45. The molecular weight excluding hydrogens is 350 g/mol. The normalized spacial score (nSPS) is 11.3. The second-order valence-electron chi connectivity index (χ2n) is 5.30. The van der Waals surface area contributed by atoms with E-state index in [4.69, 9.17) is 9.47 Å². The minimum atomic E-state index is -3.61. The highest BCUT2D eigenvalue weighted by atomic mass is 32.2. The minimum absolute atomic E-state index is 0.0159. The molecule has 1 heterocycles. The van der Waals surface area contributed by atoms with Crippen LogP contribution in [0, 0.1) is 10.1 Å². The fraction of sp³-hybridized carbons (Fsp3) is 0.400. The highest BCUT2D eigenvalue weighted by Gasteiger charge is 2.25. The van der Waals surface area contributed by atoms with Gasteiger partial charge in [0, 0.05) is 24.0 Å². The van der Waals surface area contributed by atoms with Gasteiger partial charge in [-0.3, -0.25) is 10.1 Å². The molecule has 0 spiro atoms. The number of ether oxygens (including phenoxy) is 2. The summed E-state index contributed by atoms with van der Waals surface area (Å²) in [6, 6.07) is 2.70. The van der Waals surface area contributed by atoms with Crippen molar-refractivity contribution < 1.29 is 22.8 Å². The number of methoxy groups -OCH3 is 1. The maximum Gasteiger partial charge on any atom is 0.315 e. The Balaban J connectivity index is 2.61. The van der Waals surface area contributed by atoms with Crippen molar-refractivity contribution in [3.8, 4) is 22.9 Å². The zero-order valence-corrected chi connectivity index (χ0v) is 14.9. The Kier molecular flexibility index (Phi) is 5.62. The molecule has 136 valence electrons. The second kappa shape index (κ2) is 7.51. The number of hydrogen-bond donors (Lipinski definition) is 0. The topological polar surface area (TPSA) is 114 Å². The van der Waals surface area contributed by atoms with E-state index in [1.807, 2.05) is 6.92 Å². The molecule has 0 amide bonds. The van der Waals surface area contributed by atoms with Gasteiger partial charge in [-0.25, -0.2) is 17.4 Å². The molecule has 0 bridgehead atoms. The lowest BCUT2D eigenvalue weighted by Crippen LogP contribution is -2.11. The van der Waals surface area contributed by atoms with Crippen LogP contribution in [0.25, 0.3) is 11.4 Å². The van der Waals surface area contributed by atoms with E-state index in [1.54, 1.807) is 0 Å². The number of unbranched alkanes of at least 4 members (excludes halogenated alkanes) is 1. The van der Waals surface area contributed by atoms with Crippen LogP contribution in [0.1, 0.15) is 19.8 Å². The molecule has 0 aliphatic heterocycles. The van der Waals surface area contributed by atoms with Crippen molar-refractivity contribution in [1.29, 1.82) is 0 Å². The van der Waals surface area contributed by atoms with Crippen LogP contribution < -0.4 is 9.47 Å². The van der Waals surface area contributed by atoms with Crippen molar-refractivity contribution in [3.63, 3.8) is 0 Å². The molecule has 1 aromatic heterocycles. The lowest BCUT2D eigenvalue weighted by Gasteiger charge is -2.13. The number of nitro benzene ring substituents is 1. The van der Waals surface area contributed by atoms with Crippen molar-refractivity contribution in [2.75, 3.05) is 20.0 Å². The van der Waals surface area contributed by atoms with Crippen LogP contribution >= 0.6 is 0 Å². The molecule has 0 aliphatic rings. The Morgan fingerprint density at radius 2 is 2.08 bits per heavy atom. The molecule has 0 fully saturated rings. The van der Waals surface area contributed by atoms with Gasteiger partial charge in [-0.1, -0.05) is 13.3 Å². The number of nitro groups is 1. The molecule has 1 aromatic carbocycles.